The number of hydrogen-bond acceptors (Lipinski definition) is 7. The molecule has 1 aliphatic heterocycles. The van der Waals surface area contributed by atoms with Crippen LogP contribution in [0.15, 0.2) is 12.1 Å². The molecule has 1 saturated heterocycles. The highest BCUT2D eigenvalue weighted by Gasteiger charge is 2.32. The van der Waals surface area contributed by atoms with Crippen molar-refractivity contribution < 1.29 is 14.5 Å². The van der Waals surface area contributed by atoms with Crippen LogP contribution in [0.5, 0.6) is 0 Å². The van der Waals surface area contributed by atoms with Gasteiger partial charge in [0.2, 0.25) is 11.6 Å². The van der Waals surface area contributed by atoms with Crippen LogP contribution < -0.4 is 5.32 Å². The molecule has 1 N–H and O–H groups in total. The van der Waals surface area contributed by atoms with E-state index in [9.17, 15) is 19.7 Å². The largest absolute Gasteiger partial charge is 0.358 e. The lowest BCUT2D eigenvalue weighted by Crippen LogP contribution is -2.48. The number of imide groups is 1. The minimum Gasteiger partial charge on any atom is -0.358 e. The van der Waals surface area contributed by atoms with Gasteiger partial charge in [-0.2, -0.15) is 5.26 Å². The number of hydrogen-bond donors (Lipinski definition) is 1. The van der Waals surface area contributed by atoms with Gasteiger partial charge in [0.1, 0.15) is 17.9 Å². The first-order valence-corrected chi connectivity index (χ1v) is 6.06. The number of nitrogens with one attached hydrogen (secondary N) is 1. The second-order valence-corrected chi connectivity index (χ2v) is 4.46. The fourth-order valence-corrected chi connectivity index (χ4v) is 1.99. The molecule has 0 bridgehead atoms. The van der Waals surface area contributed by atoms with Crippen molar-refractivity contribution in [3.05, 3.63) is 27.9 Å². The summed E-state index contributed by atoms with van der Waals surface area (Å²) in [6.45, 7) is 0. The van der Waals surface area contributed by atoms with Crippen molar-refractivity contribution in [3.63, 3.8) is 0 Å². The summed E-state index contributed by atoms with van der Waals surface area (Å²) in [6.07, 6.45) is 0.528. The first-order valence-electron chi connectivity index (χ1n) is 6.06. The molecule has 2 rings (SSSR count). The Morgan fingerprint density at radius 3 is 2.86 bits per heavy atom. The minimum absolute atomic E-state index is 0.179. The lowest BCUT2D eigenvalue weighted by atomic mass is 10.0. The molecule has 0 saturated carbocycles. The molecule has 1 aliphatic rings. The van der Waals surface area contributed by atoms with Crippen LogP contribution in [0.3, 0.4) is 0 Å². The van der Waals surface area contributed by atoms with E-state index in [1.54, 1.807) is 6.07 Å². The zero-order chi connectivity index (χ0) is 15.6. The van der Waals surface area contributed by atoms with Crippen LogP contribution in [0.25, 0.3) is 0 Å². The van der Waals surface area contributed by atoms with Gasteiger partial charge in [0, 0.05) is 19.5 Å². The number of nitriles is 1. The van der Waals surface area contributed by atoms with E-state index in [-0.39, 0.29) is 23.8 Å². The smallest absolute Gasteiger partial charge is 0.305 e. The molecular weight excluding hydrogens is 278 g/mol. The lowest BCUT2D eigenvalue weighted by Gasteiger charge is -2.28. The highest BCUT2D eigenvalue weighted by Crippen LogP contribution is 2.20. The summed E-state index contributed by atoms with van der Waals surface area (Å²) in [6, 6.07) is 3.47. The standard InChI is InChI=1S/C12H11N5O4/c1-16-11(18)5-2-7(12(16)19)14-10-4-3-9(17(20)21)8(6-13)15-10/h3-4,7H,2,5H2,1H3,(H,14,15). The quantitative estimate of drug-likeness (QED) is 0.485. The van der Waals surface area contributed by atoms with Crippen molar-refractivity contribution in [2.24, 2.45) is 0 Å². The number of nitrogens with zero attached hydrogens (tertiary/aromatic N) is 4. The number of aromatic nitrogens is 1. The van der Waals surface area contributed by atoms with Crippen LogP contribution in [-0.4, -0.2) is 39.7 Å². The predicted octanol–water partition coefficient (Wildman–Crippen LogP) is 0.421. The molecule has 21 heavy (non-hydrogen) atoms. The van der Waals surface area contributed by atoms with Crippen molar-refractivity contribution in [1.82, 2.24) is 9.88 Å². The fraction of sp³-hybridized carbons (Fsp3) is 0.333. The van der Waals surface area contributed by atoms with E-state index in [1.807, 2.05) is 0 Å². The third-order valence-electron chi connectivity index (χ3n) is 3.15. The van der Waals surface area contributed by atoms with Gasteiger partial charge in [-0.05, 0) is 12.5 Å². The molecule has 2 heterocycles. The number of piperidine rings is 1. The molecule has 1 aromatic heterocycles. The first-order chi connectivity index (χ1) is 9.93. The summed E-state index contributed by atoms with van der Waals surface area (Å²) in [5.74, 6) is -0.476. The van der Waals surface area contributed by atoms with E-state index in [4.69, 9.17) is 5.26 Å². The number of nitro groups is 1. The zero-order valence-corrected chi connectivity index (χ0v) is 11.1. The number of likely N-dealkylation sites (tertiary alicyclic amines) is 1. The van der Waals surface area contributed by atoms with Crippen molar-refractivity contribution in [3.8, 4) is 6.07 Å². The number of carbonyl (C=O) groups excluding carboxylic acids is 2. The molecule has 108 valence electrons. The van der Waals surface area contributed by atoms with E-state index in [0.29, 0.717) is 6.42 Å². The van der Waals surface area contributed by atoms with Crippen LogP contribution in [-0.2, 0) is 9.59 Å². The summed E-state index contributed by atoms with van der Waals surface area (Å²) in [4.78, 5) is 38.1. The van der Waals surface area contributed by atoms with Crippen LogP contribution in [0.4, 0.5) is 11.5 Å². The van der Waals surface area contributed by atoms with Crippen LogP contribution in [0.1, 0.15) is 18.5 Å². The summed E-state index contributed by atoms with van der Waals surface area (Å²) >= 11 is 0. The maximum Gasteiger partial charge on any atom is 0.305 e. The molecule has 9 nitrogen and oxygen atoms in total. The number of amides is 2. The molecule has 0 aromatic carbocycles. The highest BCUT2D eigenvalue weighted by atomic mass is 16.6. The zero-order valence-electron chi connectivity index (χ0n) is 11.1. The third kappa shape index (κ3) is 2.79. The van der Waals surface area contributed by atoms with Crippen molar-refractivity contribution >= 4 is 23.3 Å². The second-order valence-electron chi connectivity index (χ2n) is 4.46. The normalized spacial score (nSPS) is 18.3. The molecular formula is C12H11N5O4. The first kappa shape index (κ1) is 14.4. The topological polar surface area (TPSA) is 129 Å². The Morgan fingerprint density at radius 2 is 2.24 bits per heavy atom. The Morgan fingerprint density at radius 1 is 1.52 bits per heavy atom. The summed E-state index contributed by atoms with van der Waals surface area (Å²) in [7, 11) is 1.39. The van der Waals surface area contributed by atoms with Gasteiger partial charge in [0.15, 0.2) is 0 Å². The van der Waals surface area contributed by atoms with Gasteiger partial charge in [-0.15, -0.1) is 0 Å². The Kier molecular flexibility index (Phi) is 3.80. The van der Waals surface area contributed by atoms with E-state index < -0.39 is 22.6 Å². The highest BCUT2D eigenvalue weighted by molar-refractivity contribution is 6.01. The van der Waals surface area contributed by atoms with Crippen molar-refractivity contribution in [1.29, 1.82) is 5.26 Å². The average Bonchev–Trinajstić information content (AvgIpc) is 2.47. The average molecular weight is 289 g/mol. The molecule has 1 fully saturated rings. The molecule has 0 aliphatic carbocycles. The molecule has 0 spiro atoms. The van der Waals surface area contributed by atoms with Gasteiger partial charge in [0.05, 0.1) is 4.92 Å². The van der Waals surface area contributed by atoms with E-state index in [2.05, 4.69) is 10.3 Å². The van der Waals surface area contributed by atoms with Gasteiger partial charge in [-0.25, -0.2) is 4.98 Å². The summed E-state index contributed by atoms with van der Waals surface area (Å²) < 4.78 is 0. The summed E-state index contributed by atoms with van der Waals surface area (Å²) in [5, 5.41) is 22.4. The monoisotopic (exact) mass is 289 g/mol. The third-order valence-corrected chi connectivity index (χ3v) is 3.15. The van der Waals surface area contributed by atoms with Gasteiger partial charge in [0.25, 0.3) is 5.91 Å². The van der Waals surface area contributed by atoms with Gasteiger partial charge < -0.3 is 5.32 Å². The minimum atomic E-state index is -0.701. The van der Waals surface area contributed by atoms with E-state index >= 15 is 0 Å². The van der Waals surface area contributed by atoms with Crippen LogP contribution in [0, 0.1) is 21.4 Å². The van der Waals surface area contributed by atoms with Crippen molar-refractivity contribution in [2.75, 3.05) is 12.4 Å². The van der Waals surface area contributed by atoms with E-state index in [1.165, 1.54) is 13.1 Å². The molecule has 1 atom stereocenters. The molecule has 2 amide bonds. The molecule has 1 unspecified atom stereocenters. The fourth-order valence-electron chi connectivity index (χ4n) is 1.99. The maximum absolute atomic E-state index is 11.9. The Labute approximate surface area is 119 Å². The SMILES string of the molecule is CN1C(=O)CCC(Nc2ccc([N+](=O)[O-])c(C#N)n2)C1=O. The predicted molar refractivity (Wildman–Crippen MR) is 70.0 cm³/mol. The Hall–Kier alpha value is -3.02. The maximum atomic E-state index is 11.9. The second kappa shape index (κ2) is 5.54. The van der Waals surface area contributed by atoms with Crippen molar-refractivity contribution in [2.45, 2.75) is 18.9 Å². The summed E-state index contributed by atoms with van der Waals surface area (Å²) in [5.41, 5.74) is -0.733. The Balaban J connectivity index is 2.21. The molecule has 1 aromatic rings. The number of anilines is 1. The number of likely N-dealkylation sites (N-methyl/N-ethyl adjacent to an activating group) is 1. The van der Waals surface area contributed by atoms with E-state index in [0.717, 1.165) is 11.0 Å². The van der Waals surface area contributed by atoms with Gasteiger partial charge in [-0.3, -0.25) is 24.6 Å². The number of rotatable bonds is 3. The molecule has 0 radical (unpaired) electrons. The lowest BCUT2D eigenvalue weighted by molar-refractivity contribution is -0.385. The molecule has 9 heteroatoms. The van der Waals surface area contributed by atoms with Gasteiger partial charge >= 0.3 is 5.69 Å². The van der Waals surface area contributed by atoms with Crippen LogP contribution in [0.2, 0.25) is 0 Å². The van der Waals surface area contributed by atoms with Gasteiger partial charge in [-0.1, -0.05) is 0 Å². The number of carbonyl (C=O) groups is 2. The van der Waals surface area contributed by atoms with Crippen LogP contribution >= 0.6 is 0 Å². The number of pyridine rings is 1. The Bertz CT molecular complexity index is 666.